The van der Waals surface area contributed by atoms with E-state index in [0.29, 0.717) is 6.04 Å². The summed E-state index contributed by atoms with van der Waals surface area (Å²) in [6.45, 7) is 1.86. The molecule has 1 saturated heterocycles. The highest BCUT2D eigenvalue weighted by Gasteiger charge is 2.15. The number of carbonyl (C=O) groups is 1. The van der Waals surface area contributed by atoms with Crippen LogP contribution in [-0.4, -0.2) is 37.5 Å². The molecule has 0 aromatic heterocycles. The summed E-state index contributed by atoms with van der Waals surface area (Å²) in [5.41, 5.74) is 5.66. The Labute approximate surface area is 61.8 Å². The second-order valence-corrected chi connectivity index (χ2v) is 2.66. The van der Waals surface area contributed by atoms with Gasteiger partial charge in [-0.3, -0.25) is 0 Å². The summed E-state index contributed by atoms with van der Waals surface area (Å²) >= 11 is 0. The molecule has 0 saturated carbocycles. The molecule has 0 aromatic carbocycles. The van der Waals surface area contributed by atoms with Crippen LogP contribution >= 0.6 is 0 Å². The third kappa shape index (κ3) is 2.12. The third-order valence-electron chi connectivity index (χ3n) is 1.85. The van der Waals surface area contributed by atoms with Crippen LogP contribution in [0.15, 0.2) is 0 Å². The van der Waals surface area contributed by atoms with Gasteiger partial charge in [-0.05, 0) is 25.9 Å². The van der Waals surface area contributed by atoms with Gasteiger partial charge in [0, 0.05) is 6.04 Å². The number of carbonyl (C=O) groups excluding carboxylic acids is 1. The van der Waals surface area contributed by atoms with Gasteiger partial charge in [0.25, 0.3) is 7.41 Å². The summed E-state index contributed by atoms with van der Waals surface area (Å²) in [5.74, 6) is 0. The van der Waals surface area contributed by atoms with E-state index in [-0.39, 0.29) is 0 Å². The zero-order valence-electron chi connectivity index (χ0n) is 5.99. The molecular weight excluding hydrogens is 127 g/mol. The van der Waals surface area contributed by atoms with Crippen LogP contribution in [0.2, 0.25) is 0 Å². The summed E-state index contributed by atoms with van der Waals surface area (Å²) in [6.07, 6.45) is 2.84. The SMILES string of the molecule is NC1CCN([B]C=O)CC1. The lowest BCUT2D eigenvalue weighted by atomic mass is 9.90. The van der Waals surface area contributed by atoms with Gasteiger partial charge in [-0.25, -0.2) is 0 Å². The normalized spacial score (nSPS) is 22.5. The van der Waals surface area contributed by atoms with E-state index in [2.05, 4.69) is 0 Å². The molecule has 0 bridgehead atoms. The summed E-state index contributed by atoms with van der Waals surface area (Å²) in [4.78, 5) is 12.0. The van der Waals surface area contributed by atoms with Crippen LogP contribution in [0.25, 0.3) is 0 Å². The maximum absolute atomic E-state index is 10.0. The Morgan fingerprint density at radius 3 is 2.60 bits per heavy atom. The average molecular weight is 139 g/mol. The van der Waals surface area contributed by atoms with Gasteiger partial charge in [0.2, 0.25) is 0 Å². The predicted octanol–water partition coefficient (Wildman–Crippen LogP) is -0.781. The molecule has 0 aliphatic carbocycles. The van der Waals surface area contributed by atoms with Crippen molar-refractivity contribution in [1.82, 2.24) is 4.81 Å². The van der Waals surface area contributed by atoms with Crippen molar-refractivity contribution in [2.24, 2.45) is 5.73 Å². The lowest BCUT2D eigenvalue weighted by Gasteiger charge is -2.27. The van der Waals surface area contributed by atoms with Gasteiger partial charge in [0.15, 0.2) is 0 Å². The quantitative estimate of drug-likeness (QED) is 0.403. The molecule has 1 radical (unpaired) electrons. The van der Waals surface area contributed by atoms with Crippen LogP contribution in [-0.2, 0) is 4.79 Å². The first-order chi connectivity index (χ1) is 4.83. The van der Waals surface area contributed by atoms with Crippen molar-refractivity contribution in [3.63, 3.8) is 0 Å². The van der Waals surface area contributed by atoms with E-state index < -0.39 is 0 Å². The monoisotopic (exact) mass is 139 g/mol. The Balaban J connectivity index is 2.19. The van der Waals surface area contributed by atoms with Crippen molar-refractivity contribution in [1.29, 1.82) is 0 Å². The molecule has 2 N–H and O–H groups in total. The molecule has 0 aromatic rings. The summed E-state index contributed by atoms with van der Waals surface area (Å²) in [5, 5.41) is 0. The van der Waals surface area contributed by atoms with Crippen molar-refractivity contribution in [2.45, 2.75) is 18.9 Å². The standard InChI is InChI=1S/C6H12BN2O/c8-6-1-3-9(4-2-6)7-5-10/h5-6H,1-4,8H2. The smallest absolute Gasteiger partial charge is 0.293 e. The first kappa shape index (κ1) is 7.76. The maximum Gasteiger partial charge on any atom is 0.293 e. The van der Waals surface area contributed by atoms with Gasteiger partial charge in [0.1, 0.15) is 0 Å². The molecule has 0 amide bonds. The van der Waals surface area contributed by atoms with E-state index in [0.717, 1.165) is 32.1 Å². The third-order valence-corrected chi connectivity index (χ3v) is 1.85. The molecule has 55 valence electrons. The molecule has 1 fully saturated rings. The lowest BCUT2D eigenvalue weighted by Crippen LogP contribution is -2.41. The van der Waals surface area contributed by atoms with Crippen LogP contribution in [0.3, 0.4) is 0 Å². The molecule has 0 spiro atoms. The highest BCUT2D eigenvalue weighted by Crippen LogP contribution is 2.05. The Bertz CT molecular complexity index is 112. The Kier molecular flexibility index (Phi) is 2.90. The fourth-order valence-corrected chi connectivity index (χ4v) is 1.15. The summed E-state index contributed by atoms with van der Waals surface area (Å²) in [7, 11) is 1.59. The molecule has 1 heterocycles. The number of piperidine rings is 1. The molecule has 4 heteroatoms. The van der Waals surface area contributed by atoms with Crippen molar-refractivity contribution in [3.8, 4) is 0 Å². The van der Waals surface area contributed by atoms with Crippen LogP contribution < -0.4 is 5.73 Å². The Morgan fingerprint density at radius 2 is 2.10 bits per heavy atom. The molecule has 3 nitrogen and oxygen atoms in total. The van der Waals surface area contributed by atoms with Gasteiger partial charge in [-0.1, -0.05) is 0 Å². The molecule has 1 aliphatic heterocycles. The van der Waals surface area contributed by atoms with Gasteiger partial charge in [0.05, 0.1) is 6.19 Å². The topological polar surface area (TPSA) is 46.3 Å². The first-order valence-corrected chi connectivity index (χ1v) is 3.61. The Morgan fingerprint density at radius 1 is 1.50 bits per heavy atom. The van der Waals surface area contributed by atoms with Gasteiger partial charge >= 0.3 is 0 Å². The minimum atomic E-state index is 0.344. The fourth-order valence-electron chi connectivity index (χ4n) is 1.15. The number of hydrogen-bond donors (Lipinski definition) is 1. The van der Waals surface area contributed by atoms with E-state index in [9.17, 15) is 4.79 Å². The van der Waals surface area contributed by atoms with Gasteiger partial charge in [-0.15, -0.1) is 0 Å². The van der Waals surface area contributed by atoms with Gasteiger partial charge in [-0.2, -0.15) is 0 Å². The molecule has 0 atom stereocenters. The molecule has 0 unspecified atom stereocenters. The molecular formula is C6H12BN2O. The Hall–Kier alpha value is -0.345. The minimum absolute atomic E-state index is 0.344. The zero-order chi connectivity index (χ0) is 7.40. The van der Waals surface area contributed by atoms with E-state index in [4.69, 9.17) is 5.73 Å². The predicted molar refractivity (Wildman–Crippen MR) is 41.3 cm³/mol. The van der Waals surface area contributed by atoms with E-state index in [1.165, 1.54) is 0 Å². The second kappa shape index (κ2) is 3.73. The van der Waals surface area contributed by atoms with E-state index >= 15 is 0 Å². The van der Waals surface area contributed by atoms with Crippen molar-refractivity contribution in [2.75, 3.05) is 13.1 Å². The largest absolute Gasteiger partial charge is 0.340 e. The summed E-state index contributed by atoms with van der Waals surface area (Å²) < 4.78 is 0. The highest BCUT2D eigenvalue weighted by molar-refractivity contribution is 6.64. The van der Waals surface area contributed by atoms with E-state index in [1.54, 1.807) is 7.41 Å². The summed E-state index contributed by atoms with van der Waals surface area (Å²) in [6, 6.07) is 0.344. The molecule has 10 heavy (non-hydrogen) atoms. The molecule has 1 aliphatic rings. The maximum atomic E-state index is 10.0. The van der Waals surface area contributed by atoms with Crippen molar-refractivity contribution >= 4 is 13.6 Å². The number of rotatable bonds is 2. The minimum Gasteiger partial charge on any atom is -0.340 e. The van der Waals surface area contributed by atoms with Crippen LogP contribution in [0, 0.1) is 0 Å². The number of nitrogens with two attached hydrogens (primary N) is 1. The fraction of sp³-hybridized carbons (Fsp3) is 0.833. The van der Waals surface area contributed by atoms with Crippen molar-refractivity contribution in [3.05, 3.63) is 0 Å². The van der Waals surface area contributed by atoms with Crippen LogP contribution in [0.5, 0.6) is 0 Å². The number of hydrogen-bond acceptors (Lipinski definition) is 3. The van der Waals surface area contributed by atoms with Gasteiger partial charge < -0.3 is 15.3 Å². The highest BCUT2D eigenvalue weighted by atomic mass is 16.1. The molecule has 1 rings (SSSR count). The second-order valence-electron chi connectivity index (χ2n) is 2.66. The van der Waals surface area contributed by atoms with Crippen LogP contribution in [0.1, 0.15) is 12.8 Å². The zero-order valence-corrected chi connectivity index (χ0v) is 5.99. The van der Waals surface area contributed by atoms with Crippen LogP contribution in [0.4, 0.5) is 0 Å². The average Bonchev–Trinajstić information content (AvgIpc) is 1.95. The first-order valence-electron chi connectivity index (χ1n) is 3.61. The lowest BCUT2D eigenvalue weighted by molar-refractivity contribution is 0.331. The van der Waals surface area contributed by atoms with Crippen molar-refractivity contribution < 1.29 is 4.79 Å². The van der Waals surface area contributed by atoms with E-state index in [1.807, 2.05) is 4.81 Å². The number of nitrogens with zero attached hydrogens (tertiary/aromatic N) is 1.